The van der Waals surface area contributed by atoms with Gasteiger partial charge in [0.2, 0.25) is 5.91 Å². The Balaban J connectivity index is 1.53. The number of rotatable bonds is 10. The standard InChI is InChI=1S/C35H48FN3O3/c1-24-28(15-9-16-31(24)36)33-29(34(41)26-13-8-14-27(40)21-26)22-38(19-7-6-18-37(2)3)23-30(33)35(42)39-20-10-17-32(39)25-11-4-5-12-25/h8-9,13-16,21,25,29-30,32-33,40H,4-7,10-12,17-20,22-23H2,1-3H3/t29-,30+,32-,33+/m0/s1. The summed E-state index contributed by atoms with van der Waals surface area (Å²) >= 11 is 0. The minimum absolute atomic E-state index is 0.0415. The molecule has 0 radical (unpaired) electrons. The average molecular weight is 578 g/mol. The molecule has 0 bridgehead atoms. The van der Waals surface area contributed by atoms with Gasteiger partial charge in [-0.15, -0.1) is 0 Å². The van der Waals surface area contributed by atoms with Gasteiger partial charge >= 0.3 is 0 Å². The number of benzene rings is 2. The maximum Gasteiger partial charge on any atom is 0.227 e. The summed E-state index contributed by atoms with van der Waals surface area (Å²) in [6, 6.07) is 11.8. The summed E-state index contributed by atoms with van der Waals surface area (Å²) in [5, 5.41) is 10.2. The second-order valence-electron chi connectivity index (χ2n) is 13.2. The molecule has 6 nitrogen and oxygen atoms in total. The normalized spacial score (nSPS) is 25.4. The number of aromatic hydroxyl groups is 1. The lowest BCUT2D eigenvalue weighted by Crippen LogP contribution is -2.54. The van der Waals surface area contributed by atoms with E-state index in [1.807, 2.05) is 6.07 Å². The molecule has 2 aliphatic heterocycles. The molecule has 1 aliphatic carbocycles. The monoisotopic (exact) mass is 577 g/mol. The van der Waals surface area contributed by atoms with E-state index >= 15 is 4.39 Å². The first-order chi connectivity index (χ1) is 20.2. The highest BCUT2D eigenvalue weighted by molar-refractivity contribution is 5.99. The Bertz CT molecular complexity index is 1240. The number of unbranched alkanes of at least 4 members (excludes halogenated alkanes) is 1. The van der Waals surface area contributed by atoms with Crippen LogP contribution in [-0.2, 0) is 4.79 Å². The van der Waals surface area contributed by atoms with Gasteiger partial charge in [-0.05, 0) is 108 Å². The number of piperidine rings is 1. The molecule has 1 amide bonds. The fourth-order valence-corrected chi connectivity index (χ4v) is 7.97. The van der Waals surface area contributed by atoms with E-state index in [1.165, 1.54) is 37.8 Å². The third-order valence-corrected chi connectivity index (χ3v) is 10.1. The molecule has 2 aromatic rings. The van der Waals surface area contributed by atoms with Crippen LogP contribution in [-0.4, -0.2) is 84.4 Å². The molecule has 5 rings (SSSR count). The van der Waals surface area contributed by atoms with Gasteiger partial charge in [0.05, 0.1) is 5.92 Å². The molecule has 0 aromatic heterocycles. The van der Waals surface area contributed by atoms with Gasteiger partial charge in [-0.25, -0.2) is 4.39 Å². The second kappa shape index (κ2) is 13.7. The molecule has 0 spiro atoms. The number of hydrogen-bond acceptors (Lipinski definition) is 5. The van der Waals surface area contributed by atoms with Crippen molar-refractivity contribution in [2.75, 3.05) is 46.8 Å². The molecular formula is C35H48FN3O3. The lowest BCUT2D eigenvalue weighted by molar-refractivity contribution is -0.140. The van der Waals surface area contributed by atoms with Crippen LogP contribution < -0.4 is 0 Å². The van der Waals surface area contributed by atoms with Crippen LogP contribution in [0.1, 0.15) is 78.8 Å². The molecule has 42 heavy (non-hydrogen) atoms. The number of phenols is 1. The van der Waals surface area contributed by atoms with Crippen molar-refractivity contribution in [1.82, 2.24) is 14.7 Å². The van der Waals surface area contributed by atoms with Gasteiger partial charge in [-0.1, -0.05) is 37.1 Å². The zero-order valence-corrected chi connectivity index (χ0v) is 25.6. The van der Waals surface area contributed by atoms with Gasteiger partial charge < -0.3 is 19.8 Å². The lowest BCUT2D eigenvalue weighted by Gasteiger charge is -2.45. The van der Waals surface area contributed by atoms with Crippen molar-refractivity contribution < 1.29 is 19.1 Å². The van der Waals surface area contributed by atoms with Crippen LogP contribution in [0.3, 0.4) is 0 Å². The van der Waals surface area contributed by atoms with Crippen molar-refractivity contribution in [3.63, 3.8) is 0 Å². The average Bonchev–Trinajstić information content (AvgIpc) is 3.68. The molecular weight excluding hydrogens is 529 g/mol. The van der Waals surface area contributed by atoms with Gasteiger partial charge in [0.25, 0.3) is 0 Å². The predicted molar refractivity (Wildman–Crippen MR) is 164 cm³/mol. The number of likely N-dealkylation sites (tertiary alicyclic amines) is 2. The van der Waals surface area contributed by atoms with Gasteiger partial charge in [0, 0.05) is 43.1 Å². The number of hydrogen-bond donors (Lipinski definition) is 1. The predicted octanol–water partition coefficient (Wildman–Crippen LogP) is 5.88. The van der Waals surface area contributed by atoms with E-state index in [4.69, 9.17) is 0 Å². The molecule has 2 saturated heterocycles. The molecule has 228 valence electrons. The van der Waals surface area contributed by atoms with Crippen LogP contribution in [0.15, 0.2) is 42.5 Å². The summed E-state index contributed by atoms with van der Waals surface area (Å²) in [7, 11) is 4.14. The van der Waals surface area contributed by atoms with Crippen molar-refractivity contribution in [1.29, 1.82) is 0 Å². The van der Waals surface area contributed by atoms with Crippen molar-refractivity contribution in [3.05, 3.63) is 65.0 Å². The lowest BCUT2D eigenvalue weighted by atomic mass is 9.69. The SMILES string of the molecule is Cc1c(F)cccc1[C@@H]1[C@@H](C(=O)c2cccc(O)c2)CN(CCCCN(C)C)C[C@H]1C(=O)N1CCC[C@H]1C1CCCC1. The fraction of sp³-hybridized carbons (Fsp3) is 0.600. The molecule has 2 heterocycles. The number of nitrogens with zero attached hydrogens (tertiary/aromatic N) is 3. The number of halogens is 1. The van der Waals surface area contributed by atoms with Crippen LogP contribution in [0.25, 0.3) is 0 Å². The second-order valence-corrected chi connectivity index (χ2v) is 13.2. The molecule has 1 saturated carbocycles. The van der Waals surface area contributed by atoms with E-state index in [0.29, 0.717) is 30.1 Å². The smallest absolute Gasteiger partial charge is 0.227 e. The number of carbonyl (C=O) groups is 2. The zero-order chi connectivity index (χ0) is 29.8. The summed E-state index contributed by atoms with van der Waals surface area (Å²) in [6.07, 6.45) is 8.91. The molecule has 7 heteroatoms. The van der Waals surface area contributed by atoms with Gasteiger partial charge in [0.1, 0.15) is 11.6 Å². The number of Topliss-reactive ketones (excluding diaryl/α,β-unsaturated/α-hetero) is 1. The fourth-order valence-electron chi connectivity index (χ4n) is 7.97. The van der Waals surface area contributed by atoms with Gasteiger partial charge in [-0.2, -0.15) is 0 Å². The number of amides is 1. The number of ketones is 1. The maximum atomic E-state index is 15.1. The summed E-state index contributed by atoms with van der Waals surface area (Å²) < 4.78 is 15.1. The highest BCUT2D eigenvalue weighted by Crippen LogP contribution is 2.44. The Hall–Kier alpha value is -2.77. The maximum absolute atomic E-state index is 15.1. The number of carbonyl (C=O) groups excluding carboxylic acids is 2. The third kappa shape index (κ3) is 6.73. The minimum Gasteiger partial charge on any atom is -0.508 e. The highest BCUT2D eigenvalue weighted by atomic mass is 19.1. The summed E-state index contributed by atoms with van der Waals surface area (Å²) in [5.41, 5.74) is 1.71. The van der Waals surface area contributed by atoms with Gasteiger partial charge in [0.15, 0.2) is 5.78 Å². The Morgan fingerprint density at radius 1 is 0.976 bits per heavy atom. The minimum atomic E-state index is -0.531. The third-order valence-electron chi connectivity index (χ3n) is 10.1. The first-order valence-electron chi connectivity index (χ1n) is 16.0. The highest BCUT2D eigenvalue weighted by Gasteiger charge is 2.48. The molecule has 1 N–H and O–H groups in total. The number of phenolic OH excluding ortho intramolecular Hbond substituents is 1. The van der Waals surface area contributed by atoms with E-state index in [0.717, 1.165) is 50.9 Å². The Kier molecular flexibility index (Phi) is 10.00. The topological polar surface area (TPSA) is 64.1 Å². The van der Waals surface area contributed by atoms with Crippen molar-refractivity contribution >= 4 is 11.7 Å². The van der Waals surface area contributed by atoms with Crippen LogP contribution in [0, 0.1) is 30.5 Å². The quantitative estimate of drug-likeness (QED) is 0.282. The molecule has 0 unspecified atom stereocenters. The Morgan fingerprint density at radius 2 is 1.71 bits per heavy atom. The zero-order valence-electron chi connectivity index (χ0n) is 25.6. The molecule has 3 fully saturated rings. The van der Waals surface area contributed by atoms with E-state index in [-0.39, 0.29) is 29.3 Å². The summed E-state index contributed by atoms with van der Waals surface area (Å²) in [6.45, 7) is 5.41. The molecule has 2 aromatic carbocycles. The Labute approximate surface area is 250 Å². The van der Waals surface area contributed by atoms with E-state index in [2.05, 4.69) is 28.8 Å². The van der Waals surface area contributed by atoms with Crippen molar-refractivity contribution in [2.24, 2.45) is 17.8 Å². The van der Waals surface area contributed by atoms with E-state index < -0.39 is 17.8 Å². The van der Waals surface area contributed by atoms with Crippen LogP contribution in [0.5, 0.6) is 5.75 Å². The van der Waals surface area contributed by atoms with Crippen molar-refractivity contribution in [3.8, 4) is 5.75 Å². The summed E-state index contributed by atoms with van der Waals surface area (Å²) in [4.78, 5) is 35.6. The largest absolute Gasteiger partial charge is 0.508 e. The van der Waals surface area contributed by atoms with Crippen LogP contribution in [0.2, 0.25) is 0 Å². The first kappa shape index (κ1) is 30.7. The van der Waals surface area contributed by atoms with Crippen LogP contribution in [0.4, 0.5) is 4.39 Å². The molecule has 3 aliphatic rings. The van der Waals surface area contributed by atoms with Crippen molar-refractivity contribution in [2.45, 2.75) is 70.3 Å². The van der Waals surface area contributed by atoms with Gasteiger partial charge in [-0.3, -0.25) is 9.59 Å². The van der Waals surface area contributed by atoms with Crippen LogP contribution >= 0.6 is 0 Å². The van der Waals surface area contributed by atoms with E-state index in [9.17, 15) is 14.7 Å². The molecule has 4 atom stereocenters. The van der Waals surface area contributed by atoms with E-state index in [1.54, 1.807) is 31.2 Å². The first-order valence-corrected chi connectivity index (χ1v) is 16.0. The Morgan fingerprint density at radius 3 is 2.45 bits per heavy atom. The summed E-state index contributed by atoms with van der Waals surface area (Å²) in [5.74, 6) is -1.09.